The topological polar surface area (TPSA) is 106 Å². The fourth-order valence-electron chi connectivity index (χ4n) is 1.60. The first-order chi connectivity index (χ1) is 9.22. The van der Waals surface area contributed by atoms with Crippen molar-refractivity contribution in [2.45, 2.75) is 18.7 Å². The van der Waals surface area contributed by atoms with Gasteiger partial charge in [-0.3, -0.25) is 0 Å². The van der Waals surface area contributed by atoms with Gasteiger partial charge in [0.05, 0.1) is 11.5 Å². The Labute approximate surface area is 120 Å². The van der Waals surface area contributed by atoms with Crippen molar-refractivity contribution in [1.82, 2.24) is 4.72 Å². The molecular weight excluding hydrogens is 300 g/mol. The number of nitrogens with one attached hydrogen (secondary N) is 1. The molecule has 8 heteroatoms. The van der Waals surface area contributed by atoms with Crippen LogP contribution in [-0.4, -0.2) is 35.4 Å². The summed E-state index contributed by atoms with van der Waals surface area (Å²) in [5, 5.41) is 0. The van der Waals surface area contributed by atoms with Gasteiger partial charge in [0, 0.05) is 19.3 Å². The summed E-state index contributed by atoms with van der Waals surface area (Å²) in [6, 6.07) is 7.01. The van der Waals surface area contributed by atoms with E-state index in [1.165, 1.54) is 0 Å². The lowest BCUT2D eigenvalue weighted by atomic mass is 10.1. The molecule has 0 saturated heterocycles. The van der Waals surface area contributed by atoms with Gasteiger partial charge >= 0.3 is 0 Å². The lowest BCUT2D eigenvalue weighted by molar-refractivity contribution is 0.576. The number of hydrogen-bond acceptors (Lipinski definition) is 5. The van der Waals surface area contributed by atoms with Gasteiger partial charge < -0.3 is 5.73 Å². The zero-order chi connectivity index (χ0) is 15.2. The van der Waals surface area contributed by atoms with Gasteiger partial charge in [0.2, 0.25) is 10.0 Å². The predicted molar refractivity (Wildman–Crippen MR) is 79.3 cm³/mol. The van der Waals surface area contributed by atoms with Crippen LogP contribution in [0.1, 0.15) is 17.5 Å². The van der Waals surface area contributed by atoms with Gasteiger partial charge in [0.25, 0.3) is 0 Å². The molecule has 3 N–H and O–H groups in total. The van der Waals surface area contributed by atoms with Crippen LogP contribution in [0.25, 0.3) is 0 Å². The largest absolute Gasteiger partial charge is 0.326 e. The van der Waals surface area contributed by atoms with Gasteiger partial charge in [-0.2, -0.15) is 0 Å². The summed E-state index contributed by atoms with van der Waals surface area (Å²) in [5.41, 5.74) is 7.07. The first-order valence-electron chi connectivity index (χ1n) is 6.15. The number of nitrogens with two attached hydrogens (primary N) is 1. The molecule has 0 aromatic heterocycles. The van der Waals surface area contributed by atoms with Gasteiger partial charge in [-0.1, -0.05) is 24.3 Å². The molecule has 0 aliphatic rings. The maximum atomic E-state index is 11.8. The maximum absolute atomic E-state index is 11.8. The fraction of sp³-hybridized carbons (Fsp3) is 0.500. The van der Waals surface area contributed by atoms with E-state index in [4.69, 9.17) is 5.73 Å². The minimum Gasteiger partial charge on any atom is -0.326 e. The van der Waals surface area contributed by atoms with Crippen LogP contribution < -0.4 is 10.5 Å². The smallest absolute Gasteiger partial charge is 0.215 e. The first kappa shape index (κ1) is 17.1. The summed E-state index contributed by atoms with van der Waals surface area (Å²) in [5.74, 6) is -0.155. The van der Waals surface area contributed by atoms with Crippen LogP contribution in [0.5, 0.6) is 0 Å². The Morgan fingerprint density at radius 3 is 2.10 bits per heavy atom. The molecule has 1 aromatic carbocycles. The summed E-state index contributed by atoms with van der Waals surface area (Å²) in [6.07, 6.45) is 1.39. The summed E-state index contributed by atoms with van der Waals surface area (Å²) >= 11 is 0. The quantitative estimate of drug-likeness (QED) is 0.656. The molecule has 0 radical (unpaired) electrons. The molecular formula is C12H20N2O4S2. The lowest BCUT2D eigenvalue weighted by Gasteiger charge is -2.07. The second-order valence-corrected chi connectivity index (χ2v) is 8.72. The second kappa shape index (κ2) is 7.16. The van der Waals surface area contributed by atoms with Crippen LogP contribution in [-0.2, 0) is 32.2 Å². The van der Waals surface area contributed by atoms with Crippen LogP contribution in [0.3, 0.4) is 0 Å². The van der Waals surface area contributed by atoms with Crippen molar-refractivity contribution in [3.63, 3.8) is 0 Å². The molecule has 114 valence electrons. The summed E-state index contributed by atoms with van der Waals surface area (Å²) in [6.45, 7) is 0.535. The van der Waals surface area contributed by atoms with E-state index < -0.39 is 19.9 Å². The molecule has 1 rings (SSSR count). The highest BCUT2D eigenvalue weighted by atomic mass is 32.2. The van der Waals surface area contributed by atoms with E-state index in [1.54, 1.807) is 24.3 Å². The van der Waals surface area contributed by atoms with Gasteiger partial charge in [0.1, 0.15) is 9.84 Å². The minimum atomic E-state index is -3.45. The highest BCUT2D eigenvalue weighted by Crippen LogP contribution is 2.07. The van der Waals surface area contributed by atoms with E-state index in [0.29, 0.717) is 12.1 Å². The molecule has 6 nitrogen and oxygen atoms in total. The second-order valence-electron chi connectivity index (χ2n) is 4.66. The van der Waals surface area contributed by atoms with Crippen LogP contribution >= 0.6 is 0 Å². The molecule has 0 aliphatic heterocycles. The average molecular weight is 320 g/mol. The normalized spacial score (nSPS) is 12.5. The Morgan fingerprint density at radius 1 is 1.05 bits per heavy atom. The van der Waals surface area contributed by atoms with Crippen molar-refractivity contribution in [1.29, 1.82) is 0 Å². The maximum Gasteiger partial charge on any atom is 0.215 e. The number of rotatable bonds is 8. The number of hydrogen-bond donors (Lipinski definition) is 2. The van der Waals surface area contributed by atoms with Crippen LogP contribution in [0.4, 0.5) is 0 Å². The van der Waals surface area contributed by atoms with E-state index in [0.717, 1.165) is 11.8 Å². The predicted octanol–water partition coefficient (Wildman–Crippen LogP) is -0.000600. The third kappa shape index (κ3) is 6.99. The average Bonchev–Trinajstić information content (AvgIpc) is 2.34. The Kier molecular flexibility index (Phi) is 6.12. The van der Waals surface area contributed by atoms with E-state index in [1.807, 2.05) is 0 Å². The van der Waals surface area contributed by atoms with Crippen LogP contribution in [0.15, 0.2) is 24.3 Å². The fourth-order valence-corrected chi connectivity index (χ4v) is 3.46. The van der Waals surface area contributed by atoms with E-state index >= 15 is 0 Å². The summed E-state index contributed by atoms with van der Waals surface area (Å²) < 4.78 is 47.8. The summed E-state index contributed by atoms with van der Waals surface area (Å²) in [4.78, 5) is 0. The first-order valence-corrected chi connectivity index (χ1v) is 9.86. The monoisotopic (exact) mass is 320 g/mol. The molecule has 0 bridgehead atoms. The zero-order valence-electron chi connectivity index (χ0n) is 11.4. The molecule has 0 amide bonds. The van der Waals surface area contributed by atoms with Crippen molar-refractivity contribution in [3.8, 4) is 0 Å². The molecule has 0 spiro atoms. The molecule has 0 fully saturated rings. The highest BCUT2D eigenvalue weighted by Gasteiger charge is 2.11. The Morgan fingerprint density at radius 2 is 1.60 bits per heavy atom. The minimum absolute atomic E-state index is 0.0271. The van der Waals surface area contributed by atoms with E-state index in [-0.39, 0.29) is 24.5 Å². The molecule has 0 saturated carbocycles. The number of sulfonamides is 1. The highest BCUT2D eigenvalue weighted by molar-refractivity contribution is 7.90. The van der Waals surface area contributed by atoms with Crippen molar-refractivity contribution >= 4 is 19.9 Å². The molecule has 0 atom stereocenters. The summed E-state index contributed by atoms with van der Waals surface area (Å²) in [7, 11) is -6.50. The standard InChI is InChI=1S/C12H20N2O4S2/c1-19(15,16)8-2-7-14-20(17,18)10-12-5-3-11(9-13)4-6-12/h3-6,14H,2,7-10,13H2,1H3. The molecule has 20 heavy (non-hydrogen) atoms. The van der Waals surface area contributed by atoms with Crippen molar-refractivity contribution in [3.05, 3.63) is 35.4 Å². The Bertz CT molecular complexity index is 622. The molecule has 1 aromatic rings. The zero-order valence-corrected chi connectivity index (χ0v) is 13.0. The third-order valence-corrected chi connectivity index (χ3v) is 5.02. The SMILES string of the molecule is CS(=O)(=O)CCCNS(=O)(=O)Cc1ccc(CN)cc1. The van der Waals surface area contributed by atoms with Gasteiger partial charge in [-0.15, -0.1) is 0 Å². The third-order valence-electron chi connectivity index (χ3n) is 2.63. The molecule has 0 aliphatic carbocycles. The lowest BCUT2D eigenvalue weighted by Crippen LogP contribution is -2.27. The van der Waals surface area contributed by atoms with Crippen molar-refractivity contribution < 1.29 is 16.8 Å². The number of benzene rings is 1. The van der Waals surface area contributed by atoms with Crippen molar-refractivity contribution in [2.24, 2.45) is 5.73 Å². The van der Waals surface area contributed by atoms with E-state index in [9.17, 15) is 16.8 Å². The van der Waals surface area contributed by atoms with Crippen LogP contribution in [0.2, 0.25) is 0 Å². The van der Waals surface area contributed by atoms with Crippen molar-refractivity contribution in [2.75, 3.05) is 18.6 Å². The van der Waals surface area contributed by atoms with E-state index in [2.05, 4.69) is 4.72 Å². The van der Waals surface area contributed by atoms with Gasteiger partial charge in [0.15, 0.2) is 0 Å². The van der Waals surface area contributed by atoms with Crippen LogP contribution in [0, 0.1) is 0 Å². The van der Waals surface area contributed by atoms with Gasteiger partial charge in [-0.25, -0.2) is 21.6 Å². The number of sulfone groups is 1. The Balaban J connectivity index is 2.48. The van der Waals surface area contributed by atoms with Gasteiger partial charge in [-0.05, 0) is 17.5 Å². The molecule has 0 heterocycles. The Hall–Kier alpha value is -0.960. The molecule has 0 unspecified atom stereocenters.